The fraction of sp³-hybridized carbons (Fsp3) is 0.100. The van der Waals surface area contributed by atoms with Gasteiger partial charge in [-0.25, -0.2) is 18.4 Å². The average Bonchev–Trinajstić information content (AvgIpc) is 3.36. The number of sulfonamides is 1. The van der Waals surface area contributed by atoms with Crippen LogP contribution in [0, 0.1) is 6.92 Å². The van der Waals surface area contributed by atoms with Crippen molar-refractivity contribution in [3.8, 4) is 11.4 Å². The minimum Gasteiger partial charge on any atom is -0.342 e. The number of hydrogen-bond acceptors (Lipinski definition) is 5. The van der Waals surface area contributed by atoms with E-state index >= 15 is 0 Å². The molecule has 0 unspecified atom stereocenters. The third kappa shape index (κ3) is 4.13. The van der Waals surface area contributed by atoms with E-state index in [9.17, 15) is 8.42 Å². The number of hydrogen-bond donors (Lipinski definition) is 2. The van der Waals surface area contributed by atoms with E-state index in [1.54, 1.807) is 35.8 Å². The number of aromatic amines is 1. The lowest BCUT2D eigenvalue weighted by Crippen LogP contribution is -2.12. The van der Waals surface area contributed by atoms with Crippen LogP contribution in [-0.2, 0) is 16.4 Å². The molecule has 142 valence electrons. The molecule has 0 aliphatic heterocycles. The lowest BCUT2D eigenvalue weighted by molar-refractivity contribution is 0.601. The van der Waals surface area contributed by atoms with Gasteiger partial charge in [-0.05, 0) is 36.8 Å². The molecular weight excluding hydrogens is 392 g/mol. The van der Waals surface area contributed by atoms with Gasteiger partial charge in [0.25, 0.3) is 10.0 Å². The second-order valence-corrected chi connectivity index (χ2v) is 8.96. The van der Waals surface area contributed by atoms with Crippen LogP contribution in [0.25, 0.3) is 11.4 Å². The quantitative estimate of drug-likeness (QED) is 0.498. The highest BCUT2D eigenvalue weighted by atomic mass is 32.2. The molecule has 0 radical (unpaired) electrons. The number of anilines is 1. The number of nitrogens with zero attached hydrogens (tertiary/aromatic N) is 2. The Balaban J connectivity index is 1.50. The van der Waals surface area contributed by atoms with Crippen LogP contribution in [0.4, 0.5) is 5.13 Å². The SMILES string of the molecule is Cc1ccc(Cc2cnc(-c3ccc(S(=O)(=O)Nc4nccs4)cc3)[nH]2)cc1. The van der Waals surface area contributed by atoms with Crippen LogP contribution in [0.5, 0.6) is 0 Å². The summed E-state index contributed by atoms with van der Waals surface area (Å²) in [4.78, 5) is 11.9. The molecule has 0 saturated heterocycles. The maximum absolute atomic E-state index is 12.4. The highest BCUT2D eigenvalue weighted by Gasteiger charge is 2.16. The molecule has 2 N–H and O–H groups in total. The Morgan fingerprint density at radius 1 is 1.04 bits per heavy atom. The zero-order valence-corrected chi connectivity index (χ0v) is 16.7. The largest absolute Gasteiger partial charge is 0.342 e. The van der Waals surface area contributed by atoms with Gasteiger partial charge in [-0.3, -0.25) is 4.72 Å². The van der Waals surface area contributed by atoms with E-state index in [1.165, 1.54) is 22.5 Å². The van der Waals surface area contributed by atoms with E-state index in [2.05, 4.69) is 50.9 Å². The molecule has 0 amide bonds. The van der Waals surface area contributed by atoms with Crippen molar-refractivity contribution in [1.29, 1.82) is 0 Å². The first kappa shape index (κ1) is 18.4. The number of H-pyrrole nitrogens is 1. The smallest absolute Gasteiger partial charge is 0.263 e. The summed E-state index contributed by atoms with van der Waals surface area (Å²) in [6.07, 6.45) is 4.12. The second kappa shape index (κ2) is 7.57. The van der Waals surface area contributed by atoms with Crippen molar-refractivity contribution in [2.24, 2.45) is 0 Å². The zero-order chi connectivity index (χ0) is 19.6. The Kier molecular flexibility index (Phi) is 4.97. The first-order valence-corrected chi connectivity index (χ1v) is 11.0. The van der Waals surface area contributed by atoms with Crippen LogP contribution in [0.1, 0.15) is 16.8 Å². The highest BCUT2D eigenvalue weighted by molar-refractivity contribution is 7.93. The molecule has 0 aliphatic carbocycles. The Bertz CT molecular complexity index is 1160. The van der Waals surface area contributed by atoms with Crippen molar-refractivity contribution in [3.63, 3.8) is 0 Å². The Morgan fingerprint density at radius 3 is 2.46 bits per heavy atom. The third-order valence-electron chi connectivity index (χ3n) is 4.24. The maximum atomic E-state index is 12.4. The topological polar surface area (TPSA) is 87.7 Å². The molecule has 0 atom stereocenters. The van der Waals surface area contributed by atoms with Gasteiger partial charge in [0.15, 0.2) is 5.13 Å². The Hall–Kier alpha value is -2.97. The van der Waals surface area contributed by atoms with Crippen LogP contribution in [0.2, 0.25) is 0 Å². The summed E-state index contributed by atoms with van der Waals surface area (Å²) < 4.78 is 27.3. The standard InChI is InChI=1S/C20H18N4O2S2/c1-14-2-4-15(5-3-14)12-17-13-22-19(23-17)16-6-8-18(9-7-16)28(25,26)24-20-21-10-11-27-20/h2-11,13H,12H2,1H3,(H,21,24)(H,22,23). The van der Waals surface area contributed by atoms with E-state index in [-0.39, 0.29) is 4.90 Å². The summed E-state index contributed by atoms with van der Waals surface area (Å²) >= 11 is 1.23. The molecule has 28 heavy (non-hydrogen) atoms. The fourth-order valence-electron chi connectivity index (χ4n) is 2.76. The summed E-state index contributed by atoms with van der Waals surface area (Å²) in [5.74, 6) is 0.707. The van der Waals surface area contributed by atoms with Crippen LogP contribution in [0.15, 0.2) is 71.2 Å². The van der Waals surface area contributed by atoms with Crippen LogP contribution in [0.3, 0.4) is 0 Å². The van der Waals surface area contributed by atoms with Gasteiger partial charge in [0.2, 0.25) is 0 Å². The van der Waals surface area contributed by atoms with Gasteiger partial charge in [-0.1, -0.05) is 29.8 Å². The first-order chi connectivity index (χ1) is 13.5. The van der Waals surface area contributed by atoms with Crippen molar-refractivity contribution in [1.82, 2.24) is 15.0 Å². The van der Waals surface area contributed by atoms with E-state index in [1.807, 2.05) is 6.20 Å². The molecule has 0 fully saturated rings. The monoisotopic (exact) mass is 410 g/mol. The van der Waals surface area contributed by atoms with Crippen molar-refractivity contribution in [2.75, 3.05) is 4.72 Å². The fourth-order valence-corrected chi connectivity index (χ4v) is 4.55. The van der Waals surface area contributed by atoms with Crippen molar-refractivity contribution < 1.29 is 8.42 Å². The number of aryl methyl sites for hydroxylation is 1. The van der Waals surface area contributed by atoms with Crippen molar-refractivity contribution in [2.45, 2.75) is 18.2 Å². The molecule has 2 heterocycles. The van der Waals surface area contributed by atoms with Gasteiger partial charge in [0.05, 0.1) is 4.90 Å². The summed E-state index contributed by atoms with van der Waals surface area (Å²) in [5, 5.41) is 2.06. The predicted molar refractivity (Wildman–Crippen MR) is 111 cm³/mol. The number of nitrogens with one attached hydrogen (secondary N) is 2. The molecule has 4 rings (SSSR count). The number of thiazole rings is 1. The van der Waals surface area contributed by atoms with Gasteiger partial charge >= 0.3 is 0 Å². The first-order valence-electron chi connectivity index (χ1n) is 8.62. The lowest BCUT2D eigenvalue weighted by Gasteiger charge is -2.06. The molecule has 0 spiro atoms. The van der Waals surface area contributed by atoms with Crippen LogP contribution >= 0.6 is 11.3 Å². The zero-order valence-electron chi connectivity index (χ0n) is 15.1. The third-order valence-corrected chi connectivity index (χ3v) is 6.41. The van der Waals surface area contributed by atoms with Crippen LogP contribution < -0.4 is 4.72 Å². The second-order valence-electron chi connectivity index (χ2n) is 6.39. The van der Waals surface area contributed by atoms with Crippen molar-refractivity contribution >= 4 is 26.5 Å². The summed E-state index contributed by atoms with van der Waals surface area (Å²) in [5.41, 5.74) is 4.26. The molecule has 0 bridgehead atoms. The average molecular weight is 411 g/mol. The summed E-state index contributed by atoms with van der Waals surface area (Å²) in [6, 6.07) is 15.0. The minimum atomic E-state index is -3.65. The van der Waals surface area contributed by atoms with Gasteiger partial charge in [0.1, 0.15) is 5.82 Å². The lowest BCUT2D eigenvalue weighted by atomic mass is 10.1. The highest BCUT2D eigenvalue weighted by Crippen LogP contribution is 2.22. The number of imidazole rings is 1. The molecular formula is C20H18N4O2S2. The van der Waals surface area contributed by atoms with E-state index in [0.717, 1.165) is 17.7 Å². The van der Waals surface area contributed by atoms with Gasteiger partial charge < -0.3 is 4.98 Å². The molecule has 8 heteroatoms. The molecule has 0 saturated carbocycles. The Labute approximate surface area is 167 Å². The number of benzene rings is 2. The van der Waals surface area contributed by atoms with Gasteiger partial charge in [0, 0.05) is 35.5 Å². The molecule has 4 aromatic rings. The molecule has 2 aromatic carbocycles. The maximum Gasteiger partial charge on any atom is 0.263 e. The number of rotatable bonds is 6. The van der Waals surface area contributed by atoms with E-state index < -0.39 is 10.0 Å². The predicted octanol–water partition coefficient (Wildman–Crippen LogP) is 4.23. The van der Waals surface area contributed by atoms with E-state index in [0.29, 0.717) is 11.0 Å². The Morgan fingerprint density at radius 2 is 1.79 bits per heavy atom. The van der Waals surface area contributed by atoms with E-state index in [4.69, 9.17) is 0 Å². The van der Waals surface area contributed by atoms with Crippen LogP contribution in [-0.4, -0.2) is 23.4 Å². The summed E-state index contributed by atoms with van der Waals surface area (Å²) in [7, 11) is -3.65. The number of aromatic nitrogens is 3. The van der Waals surface area contributed by atoms with Gasteiger partial charge in [-0.2, -0.15) is 0 Å². The van der Waals surface area contributed by atoms with Crippen molar-refractivity contribution in [3.05, 3.63) is 83.1 Å². The molecule has 0 aliphatic rings. The normalized spacial score (nSPS) is 11.5. The molecule has 2 aromatic heterocycles. The van der Waals surface area contributed by atoms with Gasteiger partial charge in [-0.15, -0.1) is 11.3 Å². The summed E-state index contributed by atoms with van der Waals surface area (Å²) in [6.45, 7) is 2.06. The molecule has 6 nitrogen and oxygen atoms in total. The minimum absolute atomic E-state index is 0.179.